The van der Waals surface area contributed by atoms with Gasteiger partial charge in [0, 0.05) is 5.56 Å². The Labute approximate surface area is 140 Å². The summed E-state index contributed by atoms with van der Waals surface area (Å²) < 4.78 is 4.85. The standard InChI is InChI=1S/C21H16O3/c1-24-21(23)19-14-16(17-10-6-3-7-11-18(17)19)12-13-20(22)15-8-4-2-5-9-15/h2-14H,1H3/b13-12+. The smallest absolute Gasteiger partial charge is 0.338 e. The van der Waals surface area contributed by atoms with Crippen LogP contribution in [0.5, 0.6) is 0 Å². The molecule has 0 atom stereocenters. The van der Waals surface area contributed by atoms with E-state index in [1.165, 1.54) is 13.2 Å². The Bertz CT molecular complexity index is 879. The molecule has 2 aliphatic rings. The van der Waals surface area contributed by atoms with Crippen LogP contribution in [0.25, 0.3) is 17.2 Å². The van der Waals surface area contributed by atoms with Gasteiger partial charge in [-0.2, -0.15) is 0 Å². The van der Waals surface area contributed by atoms with Crippen molar-refractivity contribution in [1.29, 1.82) is 0 Å². The molecule has 3 rings (SSSR count). The molecule has 0 saturated heterocycles. The molecule has 0 amide bonds. The van der Waals surface area contributed by atoms with Crippen molar-refractivity contribution in [3.8, 4) is 11.1 Å². The van der Waals surface area contributed by atoms with E-state index in [9.17, 15) is 9.59 Å². The van der Waals surface area contributed by atoms with E-state index < -0.39 is 0 Å². The van der Waals surface area contributed by atoms with Gasteiger partial charge in [-0.05, 0) is 28.8 Å². The summed E-state index contributed by atoms with van der Waals surface area (Å²) in [5.74, 6) is -0.467. The predicted molar refractivity (Wildman–Crippen MR) is 94.2 cm³/mol. The highest BCUT2D eigenvalue weighted by atomic mass is 16.5. The number of ether oxygens (including phenoxy) is 1. The fourth-order valence-corrected chi connectivity index (χ4v) is 2.63. The Kier molecular flexibility index (Phi) is 4.52. The third-order valence-corrected chi connectivity index (χ3v) is 3.82. The molecule has 1 aromatic rings. The lowest BCUT2D eigenvalue weighted by atomic mass is 10.1. The van der Waals surface area contributed by atoms with Crippen LogP contribution in [0.1, 0.15) is 26.3 Å². The first-order valence-corrected chi connectivity index (χ1v) is 7.58. The summed E-state index contributed by atoms with van der Waals surface area (Å²) in [7, 11) is 1.36. The molecule has 2 aliphatic carbocycles. The van der Waals surface area contributed by atoms with E-state index in [2.05, 4.69) is 0 Å². The monoisotopic (exact) mass is 316 g/mol. The molecule has 0 saturated carbocycles. The molecule has 0 bridgehead atoms. The Balaban J connectivity index is 2.00. The summed E-state index contributed by atoms with van der Waals surface area (Å²) >= 11 is 0. The Morgan fingerprint density at radius 1 is 0.875 bits per heavy atom. The molecule has 0 radical (unpaired) electrons. The molecular weight excluding hydrogens is 300 g/mol. The lowest BCUT2D eigenvalue weighted by Crippen LogP contribution is -1.99. The lowest BCUT2D eigenvalue weighted by molar-refractivity contribution is 0.0602. The van der Waals surface area contributed by atoms with Gasteiger partial charge in [-0.25, -0.2) is 4.79 Å². The van der Waals surface area contributed by atoms with Crippen molar-refractivity contribution < 1.29 is 14.3 Å². The van der Waals surface area contributed by atoms with Gasteiger partial charge in [-0.15, -0.1) is 0 Å². The predicted octanol–water partition coefficient (Wildman–Crippen LogP) is 4.47. The van der Waals surface area contributed by atoms with E-state index in [1.807, 2.05) is 48.5 Å². The van der Waals surface area contributed by atoms with Gasteiger partial charge in [0.25, 0.3) is 0 Å². The first-order chi connectivity index (χ1) is 11.7. The van der Waals surface area contributed by atoms with Gasteiger partial charge in [0.05, 0.1) is 12.7 Å². The second-order valence-corrected chi connectivity index (χ2v) is 5.31. The van der Waals surface area contributed by atoms with Crippen molar-refractivity contribution in [1.82, 2.24) is 0 Å². The zero-order valence-electron chi connectivity index (χ0n) is 13.2. The molecule has 0 unspecified atom stereocenters. The number of ketones is 1. The molecule has 0 fully saturated rings. The normalized spacial score (nSPS) is 10.9. The van der Waals surface area contributed by atoms with Crippen LogP contribution < -0.4 is 0 Å². The molecule has 0 heterocycles. The summed E-state index contributed by atoms with van der Waals surface area (Å²) in [4.78, 5) is 24.2. The first-order valence-electron chi connectivity index (χ1n) is 7.58. The Morgan fingerprint density at radius 2 is 1.50 bits per heavy atom. The largest absolute Gasteiger partial charge is 0.465 e. The summed E-state index contributed by atoms with van der Waals surface area (Å²) in [5.41, 5.74) is 3.64. The van der Waals surface area contributed by atoms with Crippen molar-refractivity contribution in [2.45, 2.75) is 0 Å². The highest BCUT2D eigenvalue weighted by Crippen LogP contribution is 2.33. The zero-order valence-corrected chi connectivity index (χ0v) is 13.2. The summed E-state index contributed by atoms with van der Waals surface area (Å²) in [6.45, 7) is 0. The molecule has 0 aliphatic heterocycles. The summed E-state index contributed by atoms with van der Waals surface area (Å²) in [6, 6.07) is 20.3. The average Bonchev–Trinajstić information content (AvgIpc) is 2.80. The fourth-order valence-electron chi connectivity index (χ4n) is 2.63. The number of benzene rings is 1. The molecule has 3 nitrogen and oxygen atoms in total. The molecule has 0 spiro atoms. The number of hydrogen-bond donors (Lipinski definition) is 0. The van der Waals surface area contributed by atoms with Crippen molar-refractivity contribution in [2.24, 2.45) is 0 Å². The van der Waals surface area contributed by atoms with Crippen LogP contribution in [0, 0.1) is 0 Å². The highest BCUT2D eigenvalue weighted by Gasteiger charge is 2.19. The summed E-state index contributed by atoms with van der Waals surface area (Å²) in [5, 5.41) is 0. The maximum absolute atomic E-state index is 12.2. The summed E-state index contributed by atoms with van der Waals surface area (Å²) in [6.07, 6.45) is 3.27. The quantitative estimate of drug-likeness (QED) is 0.405. The van der Waals surface area contributed by atoms with Crippen LogP contribution >= 0.6 is 0 Å². The van der Waals surface area contributed by atoms with E-state index in [4.69, 9.17) is 4.74 Å². The maximum atomic E-state index is 12.2. The van der Waals surface area contributed by atoms with Crippen molar-refractivity contribution >= 4 is 17.8 Å². The van der Waals surface area contributed by atoms with E-state index in [0.717, 1.165) is 16.7 Å². The zero-order chi connectivity index (χ0) is 16.9. The van der Waals surface area contributed by atoms with Gasteiger partial charge < -0.3 is 4.74 Å². The van der Waals surface area contributed by atoms with E-state index >= 15 is 0 Å². The molecule has 1 aromatic carbocycles. The molecule has 0 N–H and O–H groups in total. The highest BCUT2D eigenvalue weighted by molar-refractivity contribution is 6.08. The fraction of sp³-hybridized carbons (Fsp3) is 0.0476. The van der Waals surface area contributed by atoms with Crippen LogP contribution in [0.4, 0.5) is 0 Å². The van der Waals surface area contributed by atoms with Gasteiger partial charge in [-0.3, -0.25) is 4.79 Å². The number of carbonyl (C=O) groups excluding carboxylic acids is 2. The van der Waals surface area contributed by atoms with Crippen LogP contribution in [0.3, 0.4) is 0 Å². The number of carbonyl (C=O) groups is 2. The molecule has 3 heteroatoms. The maximum Gasteiger partial charge on any atom is 0.338 e. The van der Waals surface area contributed by atoms with Gasteiger partial charge >= 0.3 is 5.97 Å². The SMILES string of the molecule is COC(=O)c1cc(/C=C/C(=O)c2ccccc2)c2cccccc1-2. The Hall–Kier alpha value is -3.20. The number of fused-ring (bicyclic) bond motifs is 1. The topological polar surface area (TPSA) is 43.4 Å². The number of hydrogen-bond acceptors (Lipinski definition) is 3. The molecular formula is C21H16O3. The lowest BCUT2D eigenvalue weighted by Gasteiger charge is -1.99. The number of esters is 1. The minimum atomic E-state index is -0.389. The third kappa shape index (κ3) is 3.10. The minimum Gasteiger partial charge on any atom is -0.465 e. The van der Waals surface area contributed by atoms with Crippen LogP contribution in [-0.4, -0.2) is 18.9 Å². The van der Waals surface area contributed by atoms with Crippen molar-refractivity contribution in [2.75, 3.05) is 7.11 Å². The van der Waals surface area contributed by atoms with Gasteiger partial charge in [0.1, 0.15) is 0 Å². The van der Waals surface area contributed by atoms with E-state index in [0.29, 0.717) is 11.1 Å². The van der Waals surface area contributed by atoms with Gasteiger partial charge in [0.2, 0.25) is 0 Å². The third-order valence-electron chi connectivity index (χ3n) is 3.82. The molecule has 24 heavy (non-hydrogen) atoms. The molecule has 0 aromatic heterocycles. The molecule has 118 valence electrons. The minimum absolute atomic E-state index is 0.0788. The van der Waals surface area contributed by atoms with Crippen LogP contribution in [-0.2, 0) is 4.74 Å². The van der Waals surface area contributed by atoms with Crippen LogP contribution in [0.15, 0.2) is 72.8 Å². The second kappa shape index (κ2) is 6.92. The van der Waals surface area contributed by atoms with Crippen molar-refractivity contribution in [3.05, 3.63) is 89.5 Å². The van der Waals surface area contributed by atoms with E-state index in [1.54, 1.807) is 24.3 Å². The van der Waals surface area contributed by atoms with Crippen LogP contribution in [0.2, 0.25) is 0 Å². The number of rotatable bonds is 4. The van der Waals surface area contributed by atoms with Gasteiger partial charge in [0.15, 0.2) is 5.78 Å². The van der Waals surface area contributed by atoms with E-state index in [-0.39, 0.29) is 11.8 Å². The average molecular weight is 316 g/mol. The Morgan fingerprint density at radius 3 is 2.17 bits per heavy atom. The van der Waals surface area contributed by atoms with Gasteiger partial charge in [-0.1, -0.05) is 66.7 Å². The number of allylic oxidation sites excluding steroid dienone is 1. The second-order valence-electron chi connectivity index (χ2n) is 5.31. The first kappa shape index (κ1) is 15.7. The number of methoxy groups -OCH3 is 1. The van der Waals surface area contributed by atoms with Crippen molar-refractivity contribution in [3.63, 3.8) is 0 Å².